The zero-order valence-corrected chi connectivity index (χ0v) is 14.7. The molecular formula is C21H25N3O. The molecule has 0 radical (unpaired) electrons. The van der Waals surface area contributed by atoms with E-state index >= 15 is 0 Å². The van der Waals surface area contributed by atoms with E-state index in [2.05, 4.69) is 58.2 Å². The van der Waals surface area contributed by atoms with E-state index < -0.39 is 0 Å². The highest BCUT2D eigenvalue weighted by Crippen LogP contribution is 2.15. The van der Waals surface area contributed by atoms with E-state index in [0.717, 1.165) is 31.8 Å². The fourth-order valence-corrected chi connectivity index (χ4v) is 2.63. The standard InChI is InChI=1S/C21H25N3O/c1-18-6-8-19(9-7-18)16-25-21-5-2-4-20(14-21)15-22-10-3-12-24-13-11-23-17-24/h2,4-9,11,13-14,17,22H,3,10,12,15-16H2,1H3. The first-order valence-corrected chi connectivity index (χ1v) is 8.73. The lowest BCUT2D eigenvalue weighted by Gasteiger charge is -2.09. The number of aryl methyl sites for hydroxylation is 2. The summed E-state index contributed by atoms with van der Waals surface area (Å²) < 4.78 is 8.01. The summed E-state index contributed by atoms with van der Waals surface area (Å²) in [5.41, 5.74) is 3.70. The molecule has 25 heavy (non-hydrogen) atoms. The van der Waals surface area contributed by atoms with E-state index in [1.165, 1.54) is 16.7 Å². The summed E-state index contributed by atoms with van der Waals surface area (Å²) in [5.74, 6) is 0.915. The molecule has 0 amide bonds. The fraction of sp³-hybridized carbons (Fsp3) is 0.286. The first-order valence-electron chi connectivity index (χ1n) is 8.73. The molecule has 130 valence electrons. The number of benzene rings is 2. The Morgan fingerprint density at radius 1 is 1.08 bits per heavy atom. The van der Waals surface area contributed by atoms with Crippen molar-refractivity contribution < 1.29 is 4.74 Å². The molecule has 0 atom stereocenters. The Morgan fingerprint density at radius 2 is 1.96 bits per heavy atom. The molecule has 4 heteroatoms. The van der Waals surface area contributed by atoms with Crippen LogP contribution in [-0.4, -0.2) is 16.1 Å². The molecule has 0 unspecified atom stereocenters. The minimum absolute atomic E-state index is 0.599. The van der Waals surface area contributed by atoms with Crippen molar-refractivity contribution in [2.75, 3.05) is 6.54 Å². The molecule has 0 fully saturated rings. The molecular weight excluding hydrogens is 310 g/mol. The minimum atomic E-state index is 0.599. The summed E-state index contributed by atoms with van der Waals surface area (Å²) in [7, 11) is 0. The number of nitrogens with zero attached hydrogens (tertiary/aromatic N) is 2. The molecule has 3 aromatic rings. The SMILES string of the molecule is Cc1ccc(COc2cccc(CNCCCn3ccnc3)c2)cc1. The van der Waals surface area contributed by atoms with Gasteiger partial charge in [-0.15, -0.1) is 0 Å². The number of aromatic nitrogens is 2. The maximum absolute atomic E-state index is 5.91. The van der Waals surface area contributed by atoms with Crippen molar-refractivity contribution in [3.05, 3.63) is 83.9 Å². The molecule has 3 rings (SSSR count). The summed E-state index contributed by atoms with van der Waals surface area (Å²) in [6.07, 6.45) is 6.75. The normalized spacial score (nSPS) is 10.8. The molecule has 1 N–H and O–H groups in total. The van der Waals surface area contributed by atoms with Crippen LogP contribution >= 0.6 is 0 Å². The number of ether oxygens (including phenoxy) is 1. The van der Waals surface area contributed by atoms with Crippen LogP contribution in [0.15, 0.2) is 67.3 Å². The Balaban J connectivity index is 1.40. The minimum Gasteiger partial charge on any atom is -0.489 e. The van der Waals surface area contributed by atoms with Gasteiger partial charge in [-0.1, -0.05) is 42.0 Å². The monoisotopic (exact) mass is 335 g/mol. The highest BCUT2D eigenvalue weighted by molar-refractivity contribution is 5.29. The Labute approximate surface area is 149 Å². The summed E-state index contributed by atoms with van der Waals surface area (Å²) in [5, 5.41) is 3.48. The van der Waals surface area contributed by atoms with Gasteiger partial charge < -0.3 is 14.6 Å². The smallest absolute Gasteiger partial charge is 0.120 e. The van der Waals surface area contributed by atoms with Crippen molar-refractivity contribution in [2.24, 2.45) is 0 Å². The molecule has 1 aromatic heterocycles. The average Bonchev–Trinajstić information content (AvgIpc) is 3.15. The van der Waals surface area contributed by atoms with Crippen LogP contribution in [0.2, 0.25) is 0 Å². The molecule has 0 saturated heterocycles. The van der Waals surface area contributed by atoms with Crippen molar-refractivity contribution in [1.82, 2.24) is 14.9 Å². The first-order chi connectivity index (χ1) is 12.3. The summed E-state index contributed by atoms with van der Waals surface area (Å²) in [4.78, 5) is 4.05. The largest absolute Gasteiger partial charge is 0.489 e. The van der Waals surface area contributed by atoms with Gasteiger partial charge in [0.05, 0.1) is 6.33 Å². The van der Waals surface area contributed by atoms with E-state index in [1.54, 1.807) is 0 Å². The van der Waals surface area contributed by atoms with Crippen LogP contribution in [-0.2, 0) is 19.7 Å². The number of hydrogen-bond acceptors (Lipinski definition) is 3. The number of nitrogens with one attached hydrogen (secondary N) is 1. The van der Waals surface area contributed by atoms with Gasteiger partial charge in [0.1, 0.15) is 12.4 Å². The second kappa shape index (κ2) is 9.04. The van der Waals surface area contributed by atoms with Gasteiger partial charge in [-0.25, -0.2) is 4.98 Å². The molecule has 0 saturated carbocycles. The van der Waals surface area contributed by atoms with E-state index in [9.17, 15) is 0 Å². The molecule has 2 aromatic carbocycles. The molecule has 0 bridgehead atoms. The van der Waals surface area contributed by atoms with Crippen LogP contribution in [0.5, 0.6) is 5.75 Å². The van der Waals surface area contributed by atoms with Crippen molar-refractivity contribution in [2.45, 2.75) is 33.0 Å². The fourth-order valence-electron chi connectivity index (χ4n) is 2.63. The van der Waals surface area contributed by atoms with Crippen LogP contribution in [0.1, 0.15) is 23.1 Å². The number of imidazole rings is 1. The lowest BCUT2D eigenvalue weighted by Crippen LogP contribution is -2.16. The quantitative estimate of drug-likeness (QED) is 0.602. The van der Waals surface area contributed by atoms with Gasteiger partial charge in [-0.3, -0.25) is 0 Å². The number of rotatable bonds is 9. The molecule has 0 aliphatic heterocycles. The highest BCUT2D eigenvalue weighted by atomic mass is 16.5. The van der Waals surface area contributed by atoms with Crippen LogP contribution in [0.3, 0.4) is 0 Å². The topological polar surface area (TPSA) is 39.1 Å². The third-order valence-corrected chi connectivity index (χ3v) is 4.08. The molecule has 4 nitrogen and oxygen atoms in total. The van der Waals surface area contributed by atoms with Gasteiger partial charge in [0.15, 0.2) is 0 Å². The van der Waals surface area contributed by atoms with Crippen LogP contribution < -0.4 is 10.1 Å². The maximum atomic E-state index is 5.91. The van der Waals surface area contributed by atoms with Crippen LogP contribution in [0.25, 0.3) is 0 Å². The lowest BCUT2D eigenvalue weighted by atomic mass is 10.2. The van der Waals surface area contributed by atoms with Gasteiger partial charge in [-0.2, -0.15) is 0 Å². The zero-order chi connectivity index (χ0) is 17.3. The lowest BCUT2D eigenvalue weighted by molar-refractivity contribution is 0.306. The Morgan fingerprint density at radius 3 is 2.76 bits per heavy atom. The molecule has 0 spiro atoms. The first kappa shape index (κ1) is 17.2. The van der Waals surface area contributed by atoms with E-state index in [0.29, 0.717) is 6.61 Å². The predicted molar refractivity (Wildman–Crippen MR) is 101 cm³/mol. The zero-order valence-electron chi connectivity index (χ0n) is 14.7. The van der Waals surface area contributed by atoms with Gasteiger partial charge in [0.2, 0.25) is 0 Å². The number of hydrogen-bond donors (Lipinski definition) is 1. The van der Waals surface area contributed by atoms with Gasteiger partial charge in [0, 0.05) is 25.5 Å². The van der Waals surface area contributed by atoms with Gasteiger partial charge >= 0.3 is 0 Å². The van der Waals surface area contributed by atoms with E-state index in [4.69, 9.17) is 4.74 Å². The van der Waals surface area contributed by atoms with Gasteiger partial charge in [-0.05, 0) is 43.1 Å². The van der Waals surface area contributed by atoms with Crippen LogP contribution in [0, 0.1) is 6.92 Å². The Kier molecular flexibility index (Phi) is 6.23. The average molecular weight is 335 g/mol. The third-order valence-electron chi connectivity index (χ3n) is 4.08. The van der Waals surface area contributed by atoms with E-state index in [-0.39, 0.29) is 0 Å². The molecule has 0 aliphatic carbocycles. The van der Waals surface area contributed by atoms with Gasteiger partial charge in [0.25, 0.3) is 0 Å². The van der Waals surface area contributed by atoms with Crippen molar-refractivity contribution >= 4 is 0 Å². The summed E-state index contributed by atoms with van der Waals surface area (Å²) >= 11 is 0. The Bertz CT molecular complexity index is 751. The van der Waals surface area contributed by atoms with E-state index in [1.807, 2.05) is 30.9 Å². The third kappa shape index (κ3) is 5.76. The highest BCUT2D eigenvalue weighted by Gasteiger charge is 1.99. The maximum Gasteiger partial charge on any atom is 0.120 e. The van der Waals surface area contributed by atoms with Crippen LogP contribution in [0.4, 0.5) is 0 Å². The summed E-state index contributed by atoms with van der Waals surface area (Å²) in [6.45, 7) is 5.52. The van der Waals surface area contributed by atoms with Crippen molar-refractivity contribution in [1.29, 1.82) is 0 Å². The van der Waals surface area contributed by atoms with Crippen molar-refractivity contribution in [3.63, 3.8) is 0 Å². The molecule has 1 heterocycles. The second-order valence-corrected chi connectivity index (χ2v) is 6.25. The Hall–Kier alpha value is -2.59. The summed E-state index contributed by atoms with van der Waals surface area (Å²) in [6, 6.07) is 16.7. The second-order valence-electron chi connectivity index (χ2n) is 6.25. The van der Waals surface area contributed by atoms with Crippen molar-refractivity contribution in [3.8, 4) is 5.75 Å². The molecule has 0 aliphatic rings. The predicted octanol–water partition coefficient (Wildman–Crippen LogP) is 3.95.